The van der Waals surface area contributed by atoms with Crippen LogP contribution in [0.2, 0.25) is 0 Å². The molecule has 0 aliphatic carbocycles. The van der Waals surface area contributed by atoms with Crippen molar-refractivity contribution in [1.82, 2.24) is 0 Å². The molecule has 0 spiro atoms. The van der Waals surface area contributed by atoms with Crippen molar-refractivity contribution >= 4 is 22.9 Å². The zero-order valence-corrected chi connectivity index (χ0v) is 12.2. The Labute approximate surface area is 122 Å². The molecule has 0 amide bonds. The maximum absolute atomic E-state index is 13.9. The largest absolute Gasteiger partial charge is 0.389 e. The molecule has 20 heavy (non-hydrogen) atoms. The Bertz CT molecular complexity index is 493. The normalized spacial score (nSPS) is 17.8. The molecular weight excluding hydrogens is 282 g/mol. The summed E-state index contributed by atoms with van der Waals surface area (Å²) in [6, 6.07) is 2.31. The Morgan fingerprint density at radius 3 is 2.40 bits per heavy atom. The number of rotatable bonds is 4. The van der Waals surface area contributed by atoms with Gasteiger partial charge in [-0.2, -0.15) is 0 Å². The molecule has 1 aromatic rings. The molecule has 1 saturated heterocycles. The molecule has 110 valence electrons. The van der Waals surface area contributed by atoms with Gasteiger partial charge in [0.2, 0.25) is 0 Å². The number of halogens is 2. The van der Waals surface area contributed by atoms with Gasteiger partial charge in [-0.25, -0.2) is 8.78 Å². The molecule has 2 rings (SSSR count). The van der Waals surface area contributed by atoms with Crippen LogP contribution in [0, 0.1) is 17.0 Å². The summed E-state index contributed by atoms with van der Waals surface area (Å²) >= 11 is 4.72. The van der Waals surface area contributed by atoms with Crippen LogP contribution in [-0.4, -0.2) is 24.7 Å². The molecule has 3 N–H and O–H groups in total. The Balaban J connectivity index is 2.11. The average Bonchev–Trinajstić information content (AvgIpc) is 2.38. The quantitative estimate of drug-likeness (QED) is 0.840. The summed E-state index contributed by atoms with van der Waals surface area (Å²) in [4.78, 5) is -0.0225. The minimum Gasteiger partial charge on any atom is -0.389 e. The molecule has 1 aromatic carbocycles. The third-order valence-electron chi connectivity index (χ3n) is 3.72. The summed E-state index contributed by atoms with van der Waals surface area (Å²) < 4.78 is 33.1. The molecule has 0 aromatic heterocycles. The molecule has 1 aliphatic heterocycles. The number of hydrogen-bond donors (Lipinski definition) is 2. The topological polar surface area (TPSA) is 47.3 Å². The van der Waals surface area contributed by atoms with Crippen molar-refractivity contribution in [3.8, 4) is 0 Å². The lowest BCUT2D eigenvalue weighted by Crippen LogP contribution is -2.33. The number of nitrogens with one attached hydrogen (secondary N) is 1. The first kappa shape index (κ1) is 15.1. The summed E-state index contributed by atoms with van der Waals surface area (Å²) in [5, 5.41) is 2.87. The van der Waals surface area contributed by atoms with Gasteiger partial charge in [0.15, 0.2) is 0 Å². The summed E-state index contributed by atoms with van der Waals surface area (Å²) in [5.41, 5.74) is 5.43. The van der Waals surface area contributed by atoms with E-state index in [4.69, 9.17) is 22.7 Å². The second-order valence-corrected chi connectivity index (χ2v) is 5.90. The van der Waals surface area contributed by atoms with Crippen LogP contribution in [0.15, 0.2) is 12.1 Å². The second kappa shape index (κ2) is 6.01. The number of anilines is 1. The van der Waals surface area contributed by atoms with Gasteiger partial charge >= 0.3 is 0 Å². The Kier molecular flexibility index (Phi) is 4.55. The van der Waals surface area contributed by atoms with Crippen LogP contribution in [-0.2, 0) is 4.74 Å². The number of nitrogens with two attached hydrogens (primary N) is 1. The average molecular weight is 300 g/mol. The number of thiocarbonyl (C=S) groups is 1. The maximum atomic E-state index is 13.9. The van der Waals surface area contributed by atoms with E-state index < -0.39 is 11.6 Å². The van der Waals surface area contributed by atoms with Gasteiger partial charge in [-0.05, 0) is 30.4 Å². The van der Waals surface area contributed by atoms with Crippen molar-refractivity contribution in [3.63, 3.8) is 0 Å². The lowest BCUT2D eigenvalue weighted by atomic mass is 9.82. The highest BCUT2D eigenvalue weighted by Crippen LogP contribution is 2.31. The number of hydrogen-bond acceptors (Lipinski definition) is 3. The van der Waals surface area contributed by atoms with Crippen molar-refractivity contribution in [1.29, 1.82) is 0 Å². The van der Waals surface area contributed by atoms with Crippen molar-refractivity contribution < 1.29 is 13.5 Å². The number of ether oxygens (including phenoxy) is 1. The lowest BCUT2D eigenvalue weighted by Gasteiger charge is -2.34. The minimum absolute atomic E-state index is 0.0149. The second-order valence-electron chi connectivity index (χ2n) is 5.46. The van der Waals surface area contributed by atoms with Gasteiger partial charge < -0.3 is 15.8 Å². The molecule has 6 heteroatoms. The van der Waals surface area contributed by atoms with Gasteiger partial charge in [0, 0.05) is 25.3 Å². The van der Waals surface area contributed by atoms with E-state index in [9.17, 15) is 8.78 Å². The smallest absolute Gasteiger partial charge is 0.150 e. The van der Waals surface area contributed by atoms with E-state index in [1.165, 1.54) is 0 Å². The highest BCUT2D eigenvalue weighted by Gasteiger charge is 2.27. The van der Waals surface area contributed by atoms with E-state index in [1.54, 1.807) is 0 Å². The molecule has 0 bridgehead atoms. The van der Waals surface area contributed by atoms with Gasteiger partial charge in [-0.15, -0.1) is 0 Å². The van der Waals surface area contributed by atoms with E-state index >= 15 is 0 Å². The summed E-state index contributed by atoms with van der Waals surface area (Å²) in [6.07, 6.45) is 1.74. The molecule has 3 nitrogen and oxygen atoms in total. The van der Waals surface area contributed by atoms with Gasteiger partial charge in [0.05, 0.1) is 0 Å². The third kappa shape index (κ3) is 3.43. The monoisotopic (exact) mass is 300 g/mol. The molecule has 0 atom stereocenters. The van der Waals surface area contributed by atoms with E-state index in [0.717, 1.165) is 25.0 Å². The molecule has 1 aliphatic rings. The molecule has 0 radical (unpaired) electrons. The summed E-state index contributed by atoms with van der Waals surface area (Å²) in [5.74, 6) is -1.35. The first-order chi connectivity index (χ1) is 9.41. The van der Waals surface area contributed by atoms with Gasteiger partial charge in [0.25, 0.3) is 0 Å². The van der Waals surface area contributed by atoms with Crippen LogP contribution < -0.4 is 11.1 Å². The summed E-state index contributed by atoms with van der Waals surface area (Å²) in [6.45, 7) is 3.95. The predicted octanol–water partition coefficient (Wildman–Crippen LogP) is 2.83. The Morgan fingerprint density at radius 2 is 1.90 bits per heavy atom. The SMILES string of the molecule is CC1(CNc2c(F)cc(C(N)=S)cc2F)CCOCC1. The van der Waals surface area contributed by atoms with Gasteiger partial charge in [-0.3, -0.25) is 0 Å². The van der Waals surface area contributed by atoms with Crippen LogP contribution in [0.3, 0.4) is 0 Å². The molecule has 1 fully saturated rings. The van der Waals surface area contributed by atoms with E-state index in [1.807, 2.05) is 0 Å². The lowest BCUT2D eigenvalue weighted by molar-refractivity contribution is 0.0299. The maximum Gasteiger partial charge on any atom is 0.150 e. The highest BCUT2D eigenvalue weighted by molar-refractivity contribution is 7.80. The first-order valence-electron chi connectivity index (χ1n) is 6.52. The van der Waals surface area contributed by atoms with Crippen molar-refractivity contribution in [2.24, 2.45) is 11.1 Å². The Hall–Kier alpha value is -1.27. The third-order valence-corrected chi connectivity index (χ3v) is 3.95. The van der Waals surface area contributed by atoms with Crippen LogP contribution in [0.1, 0.15) is 25.3 Å². The van der Waals surface area contributed by atoms with Crippen LogP contribution in [0.25, 0.3) is 0 Å². The van der Waals surface area contributed by atoms with Crippen molar-refractivity contribution in [2.75, 3.05) is 25.1 Å². The Morgan fingerprint density at radius 1 is 1.35 bits per heavy atom. The molecule has 0 unspecified atom stereocenters. The van der Waals surface area contributed by atoms with Crippen LogP contribution >= 0.6 is 12.2 Å². The predicted molar refractivity (Wildman–Crippen MR) is 78.9 cm³/mol. The molecule has 0 saturated carbocycles. The number of benzene rings is 1. The highest BCUT2D eigenvalue weighted by atomic mass is 32.1. The van der Waals surface area contributed by atoms with E-state index in [0.29, 0.717) is 19.8 Å². The minimum atomic E-state index is -0.677. The van der Waals surface area contributed by atoms with Gasteiger partial charge in [-0.1, -0.05) is 19.1 Å². The molecule has 1 heterocycles. The fourth-order valence-electron chi connectivity index (χ4n) is 2.23. The van der Waals surface area contributed by atoms with E-state index in [-0.39, 0.29) is 21.7 Å². The standard InChI is InChI=1S/C14H18F2N2OS/c1-14(2-4-19-5-3-14)8-18-12-10(15)6-9(13(17)20)7-11(12)16/h6-7,18H,2-5,8H2,1H3,(H2,17,20). The van der Waals surface area contributed by atoms with Crippen LogP contribution in [0.5, 0.6) is 0 Å². The summed E-state index contributed by atoms with van der Waals surface area (Å²) in [7, 11) is 0. The zero-order chi connectivity index (χ0) is 14.8. The fourth-order valence-corrected chi connectivity index (χ4v) is 2.34. The van der Waals surface area contributed by atoms with Crippen LogP contribution in [0.4, 0.5) is 14.5 Å². The van der Waals surface area contributed by atoms with Crippen molar-refractivity contribution in [3.05, 3.63) is 29.3 Å². The zero-order valence-electron chi connectivity index (χ0n) is 11.3. The first-order valence-corrected chi connectivity index (χ1v) is 6.93. The molecular formula is C14H18F2N2OS. The van der Waals surface area contributed by atoms with Gasteiger partial charge in [0.1, 0.15) is 22.3 Å². The van der Waals surface area contributed by atoms with E-state index in [2.05, 4.69) is 12.2 Å². The van der Waals surface area contributed by atoms with Crippen molar-refractivity contribution in [2.45, 2.75) is 19.8 Å². The fraction of sp³-hybridized carbons (Fsp3) is 0.500.